The molecule has 0 aliphatic carbocycles. The van der Waals surface area contributed by atoms with Crippen LogP contribution in [0.15, 0.2) is 52.3 Å². The number of aryl methyl sites for hydroxylation is 4. The average molecular weight is 425 g/mol. The first kappa shape index (κ1) is 22.0. The minimum Gasteiger partial charge on any atom is -0.505 e. The molecule has 0 saturated heterocycles. The zero-order chi connectivity index (χ0) is 22.4. The highest BCUT2D eigenvalue weighted by molar-refractivity contribution is 5.83. The zero-order valence-corrected chi connectivity index (χ0v) is 17.1. The van der Waals surface area contributed by atoms with Crippen LogP contribution in [0.5, 0.6) is 5.75 Å². The van der Waals surface area contributed by atoms with Crippen LogP contribution in [-0.4, -0.2) is 32.2 Å². The molecule has 0 atom stereocenters. The van der Waals surface area contributed by atoms with Crippen molar-refractivity contribution in [1.29, 1.82) is 0 Å². The summed E-state index contributed by atoms with van der Waals surface area (Å²) in [5, 5.41) is 22.2. The van der Waals surface area contributed by atoms with Crippen molar-refractivity contribution in [3.8, 4) is 5.75 Å². The van der Waals surface area contributed by atoms with Gasteiger partial charge in [0.05, 0.1) is 5.56 Å². The van der Waals surface area contributed by atoms with Crippen molar-refractivity contribution in [2.24, 2.45) is 4.99 Å². The summed E-state index contributed by atoms with van der Waals surface area (Å²) < 4.78 is 15.2. The minimum atomic E-state index is -0.913. The van der Waals surface area contributed by atoms with Gasteiger partial charge in [-0.2, -0.15) is 0 Å². The van der Waals surface area contributed by atoms with Crippen LogP contribution in [0.4, 0.5) is 10.1 Å². The topological polar surface area (TPSA) is 108 Å². The van der Waals surface area contributed by atoms with Crippen LogP contribution in [-0.2, 0) is 24.2 Å². The fraction of sp³-hybridized carbons (Fsp3) is 0.261. The number of aromatic hydroxyl groups is 1. The molecule has 0 aliphatic rings. The van der Waals surface area contributed by atoms with E-state index in [1.807, 2.05) is 0 Å². The lowest BCUT2D eigenvalue weighted by molar-refractivity contribution is -0.137. The highest BCUT2D eigenvalue weighted by Crippen LogP contribution is 2.31. The first-order valence-corrected chi connectivity index (χ1v) is 9.96. The van der Waals surface area contributed by atoms with Gasteiger partial charge in [-0.25, -0.2) is 4.39 Å². The van der Waals surface area contributed by atoms with Crippen LogP contribution < -0.4 is 5.56 Å². The Hall–Kier alpha value is -3.68. The van der Waals surface area contributed by atoms with E-state index in [-0.39, 0.29) is 30.1 Å². The standard InChI is InChI=1S/C23H24FN3O4/c1-15-18(23(31)27(26-15)13-5-10-21(28)29)14-25-20-9-4-7-17(22(20)30)12-11-16-6-2-3-8-19(16)24/h2-4,6-9,14,26,30H,5,10-13H2,1H3,(H,28,29). The maximum Gasteiger partial charge on any atom is 0.303 e. The van der Waals surface area contributed by atoms with Crippen LogP contribution in [0.3, 0.4) is 0 Å². The molecule has 0 aliphatic heterocycles. The molecule has 0 radical (unpaired) electrons. The molecule has 3 rings (SSSR count). The number of H-pyrrole nitrogens is 1. The first-order valence-electron chi connectivity index (χ1n) is 9.96. The van der Waals surface area contributed by atoms with Gasteiger partial charge < -0.3 is 10.2 Å². The van der Waals surface area contributed by atoms with Crippen molar-refractivity contribution in [3.05, 3.63) is 81.0 Å². The van der Waals surface area contributed by atoms with E-state index in [9.17, 15) is 19.1 Å². The smallest absolute Gasteiger partial charge is 0.303 e. The fourth-order valence-corrected chi connectivity index (χ4v) is 3.31. The summed E-state index contributed by atoms with van der Waals surface area (Å²) in [7, 11) is 0. The molecular weight excluding hydrogens is 401 g/mol. The molecular formula is C23H24FN3O4. The van der Waals surface area contributed by atoms with Gasteiger partial charge in [0.25, 0.3) is 5.56 Å². The first-order chi connectivity index (χ1) is 14.9. The predicted molar refractivity (Wildman–Crippen MR) is 116 cm³/mol. The van der Waals surface area contributed by atoms with E-state index in [0.29, 0.717) is 47.3 Å². The van der Waals surface area contributed by atoms with Crippen LogP contribution >= 0.6 is 0 Å². The highest BCUT2D eigenvalue weighted by Gasteiger charge is 2.11. The lowest BCUT2D eigenvalue weighted by atomic mass is 10.0. The molecule has 7 nitrogen and oxygen atoms in total. The van der Waals surface area contributed by atoms with Gasteiger partial charge in [0.2, 0.25) is 0 Å². The van der Waals surface area contributed by atoms with Gasteiger partial charge in [-0.05, 0) is 49.4 Å². The number of phenols is 1. The lowest BCUT2D eigenvalue weighted by Gasteiger charge is -2.07. The molecule has 162 valence electrons. The van der Waals surface area contributed by atoms with Gasteiger partial charge in [0, 0.05) is 24.9 Å². The second-order valence-electron chi connectivity index (χ2n) is 7.24. The number of carboxylic acid groups (broad SMARTS) is 1. The highest BCUT2D eigenvalue weighted by atomic mass is 19.1. The maximum atomic E-state index is 13.8. The van der Waals surface area contributed by atoms with Gasteiger partial charge in [-0.3, -0.25) is 24.4 Å². The van der Waals surface area contributed by atoms with Crippen molar-refractivity contribution in [2.45, 2.75) is 39.2 Å². The van der Waals surface area contributed by atoms with Crippen molar-refractivity contribution in [2.75, 3.05) is 0 Å². The number of aromatic amines is 1. The largest absolute Gasteiger partial charge is 0.505 e. The molecule has 8 heteroatoms. The van der Waals surface area contributed by atoms with Crippen LogP contribution in [0.25, 0.3) is 0 Å². The Morgan fingerprint density at radius 2 is 1.87 bits per heavy atom. The Balaban J connectivity index is 1.75. The summed E-state index contributed by atoms with van der Waals surface area (Å²) >= 11 is 0. The lowest BCUT2D eigenvalue weighted by Crippen LogP contribution is -2.19. The van der Waals surface area contributed by atoms with E-state index in [1.165, 1.54) is 17.0 Å². The molecule has 31 heavy (non-hydrogen) atoms. The zero-order valence-electron chi connectivity index (χ0n) is 17.1. The van der Waals surface area contributed by atoms with Crippen LogP contribution in [0.2, 0.25) is 0 Å². The number of hydrogen-bond acceptors (Lipinski definition) is 4. The van der Waals surface area contributed by atoms with E-state index in [1.54, 1.807) is 43.3 Å². The molecule has 0 unspecified atom stereocenters. The van der Waals surface area contributed by atoms with Crippen molar-refractivity contribution >= 4 is 17.9 Å². The van der Waals surface area contributed by atoms with E-state index < -0.39 is 5.97 Å². The summed E-state index contributed by atoms with van der Waals surface area (Å²) in [6.07, 6.45) is 2.57. The Morgan fingerprint density at radius 1 is 1.16 bits per heavy atom. The summed E-state index contributed by atoms with van der Waals surface area (Å²) in [6.45, 7) is 1.98. The Kier molecular flexibility index (Phi) is 7.02. The van der Waals surface area contributed by atoms with Gasteiger partial charge in [0.15, 0.2) is 0 Å². The SMILES string of the molecule is Cc1[nH]n(CCCC(=O)O)c(=O)c1C=Nc1cccc(CCc2ccccc2F)c1O. The third-order valence-electron chi connectivity index (χ3n) is 5.01. The number of aromatic nitrogens is 2. The van der Waals surface area contributed by atoms with Gasteiger partial charge in [-0.1, -0.05) is 30.3 Å². The van der Waals surface area contributed by atoms with Crippen LogP contribution in [0, 0.1) is 12.7 Å². The third-order valence-corrected chi connectivity index (χ3v) is 5.01. The molecule has 0 amide bonds. The van der Waals surface area contributed by atoms with Crippen LogP contribution in [0.1, 0.15) is 35.2 Å². The molecule has 0 spiro atoms. The second-order valence-corrected chi connectivity index (χ2v) is 7.24. The predicted octanol–water partition coefficient (Wildman–Crippen LogP) is 3.73. The Labute approximate surface area is 178 Å². The molecule has 3 aromatic rings. The number of phenolic OH excluding ortho intramolecular Hbond substituents is 1. The monoisotopic (exact) mass is 425 g/mol. The average Bonchev–Trinajstić information content (AvgIpc) is 3.00. The second kappa shape index (κ2) is 9.88. The number of nitrogens with one attached hydrogen (secondary N) is 1. The summed E-state index contributed by atoms with van der Waals surface area (Å²) in [4.78, 5) is 27.4. The molecule has 1 aromatic heterocycles. The number of carboxylic acids is 1. The number of aliphatic carboxylic acids is 1. The fourth-order valence-electron chi connectivity index (χ4n) is 3.31. The molecule has 0 bridgehead atoms. The van der Waals surface area contributed by atoms with Gasteiger partial charge >= 0.3 is 5.97 Å². The van der Waals surface area contributed by atoms with E-state index in [0.717, 1.165) is 0 Å². The number of carbonyl (C=O) groups is 1. The number of hydrogen-bond donors (Lipinski definition) is 3. The molecule has 1 heterocycles. The number of aliphatic imine (C=N–C) groups is 1. The molecule has 0 saturated carbocycles. The Morgan fingerprint density at radius 3 is 2.61 bits per heavy atom. The molecule has 3 N–H and O–H groups in total. The van der Waals surface area contributed by atoms with E-state index in [2.05, 4.69) is 10.1 Å². The van der Waals surface area contributed by atoms with Crippen molar-refractivity contribution < 1.29 is 19.4 Å². The number of para-hydroxylation sites is 1. The maximum absolute atomic E-state index is 13.8. The number of nitrogens with zero attached hydrogens (tertiary/aromatic N) is 2. The number of benzene rings is 2. The van der Waals surface area contributed by atoms with E-state index in [4.69, 9.17) is 5.11 Å². The van der Waals surface area contributed by atoms with Gasteiger partial charge in [0.1, 0.15) is 17.3 Å². The van der Waals surface area contributed by atoms with Gasteiger partial charge in [-0.15, -0.1) is 0 Å². The minimum absolute atomic E-state index is 0.00920. The number of rotatable bonds is 9. The summed E-state index contributed by atoms with van der Waals surface area (Å²) in [5.74, 6) is -1.20. The van der Waals surface area contributed by atoms with E-state index >= 15 is 0 Å². The van der Waals surface area contributed by atoms with Crippen molar-refractivity contribution in [1.82, 2.24) is 9.78 Å². The number of halogens is 1. The summed E-state index contributed by atoms with van der Waals surface area (Å²) in [5.41, 5.74) is 2.15. The molecule has 2 aromatic carbocycles. The third kappa shape index (κ3) is 5.48. The molecule has 0 fully saturated rings. The normalized spacial score (nSPS) is 11.3. The quantitative estimate of drug-likeness (QED) is 0.454. The van der Waals surface area contributed by atoms with Crippen molar-refractivity contribution in [3.63, 3.8) is 0 Å². The summed E-state index contributed by atoms with van der Waals surface area (Å²) in [6, 6.07) is 11.7. The Bertz CT molecular complexity index is 1160.